The third-order valence-electron chi connectivity index (χ3n) is 4.72. The largest absolute Gasteiger partial charge is 0.497 e. The summed E-state index contributed by atoms with van der Waals surface area (Å²) in [6.07, 6.45) is 0. The Bertz CT molecular complexity index is 1020. The highest BCUT2D eigenvalue weighted by atomic mass is 16.5. The van der Waals surface area contributed by atoms with Crippen molar-refractivity contribution in [3.05, 3.63) is 42.0 Å². The molecule has 0 radical (unpaired) electrons. The number of carbonyl (C=O) groups excluding carboxylic acids is 2. The lowest BCUT2D eigenvalue weighted by Gasteiger charge is -2.17. The number of methoxy groups -OCH3 is 1. The number of H-pyrrole nitrogens is 1. The maximum absolute atomic E-state index is 12.2. The van der Waals surface area contributed by atoms with E-state index in [-0.39, 0.29) is 0 Å². The Hall–Kier alpha value is -3.35. The van der Waals surface area contributed by atoms with Gasteiger partial charge in [0, 0.05) is 16.8 Å². The first kappa shape index (κ1) is 15.2. The van der Waals surface area contributed by atoms with Gasteiger partial charge in [0.25, 0.3) is 0 Å². The molecular formula is C18H16N4O3. The smallest absolute Gasteiger partial charge is 0.244 e. The number of amides is 2. The molecular weight excluding hydrogens is 320 g/mol. The number of anilines is 1. The predicted octanol–water partition coefficient (Wildman–Crippen LogP) is 1.93. The highest BCUT2D eigenvalue weighted by Gasteiger charge is 2.48. The maximum atomic E-state index is 12.2. The summed E-state index contributed by atoms with van der Waals surface area (Å²) in [7, 11) is 1.61. The molecule has 0 saturated heterocycles. The number of ether oxygens (including phenoxy) is 1. The first-order chi connectivity index (χ1) is 11.9. The van der Waals surface area contributed by atoms with Crippen LogP contribution in [0.15, 0.2) is 36.4 Å². The average Bonchev–Trinajstić information content (AvgIpc) is 3.13. The third kappa shape index (κ3) is 2.09. The number of nitrogens with two attached hydrogens (primary N) is 1. The number of primary amides is 1. The van der Waals surface area contributed by atoms with Crippen LogP contribution < -0.4 is 15.8 Å². The Morgan fingerprint density at radius 3 is 2.60 bits per heavy atom. The lowest BCUT2D eigenvalue weighted by molar-refractivity contribution is -0.131. The number of aromatic amines is 1. The second-order valence-electron chi connectivity index (χ2n) is 6.17. The van der Waals surface area contributed by atoms with Crippen molar-refractivity contribution in [3.8, 4) is 17.1 Å². The number of nitrogens with zero attached hydrogens (tertiary/aromatic N) is 1. The number of benzene rings is 2. The molecule has 2 aromatic carbocycles. The second kappa shape index (κ2) is 5.07. The van der Waals surface area contributed by atoms with Crippen molar-refractivity contribution < 1.29 is 14.3 Å². The van der Waals surface area contributed by atoms with Gasteiger partial charge in [-0.1, -0.05) is 0 Å². The standard InChI is InChI=1S/C18H16N4O3/c1-18(16(19)23)11-7-13-14(8-12(11)22-17(18)24)21-15(20-13)9-3-5-10(25-2)6-4-9/h3-8H,1-2H3,(H2,19,23)(H,20,21)(H,22,24). The molecule has 0 fully saturated rings. The van der Waals surface area contributed by atoms with Gasteiger partial charge in [0.2, 0.25) is 11.8 Å². The molecule has 0 saturated carbocycles. The number of hydrogen-bond donors (Lipinski definition) is 3. The topological polar surface area (TPSA) is 110 Å². The molecule has 1 aliphatic rings. The lowest BCUT2D eigenvalue weighted by atomic mass is 9.83. The van der Waals surface area contributed by atoms with E-state index in [4.69, 9.17) is 10.5 Å². The summed E-state index contributed by atoms with van der Waals surface area (Å²) in [6, 6.07) is 11.0. The molecule has 0 bridgehead atoms. The molecule has 0 aliphatic carbocycles. The Balaban J connectivity index is 1.83. The number of nitrogens with one attached hydrogen (secondary N) is 2. The average molecular weight is 336 g/mol. The van der Waals surface area contributed by atoms with Crippen molar-refractivity contribution >= 4 is 28.5 Å². The van der Waals surface area contributed by atoms with Crippen LogP contribution in [-0.4, -0.2) is 28.9 Å². The van der Waals surface area contributed by atoms with E-state index in [9.17, 15) is 9.59 Å². The van der Waals surface area contributed by atoms with E-state index in [1.807, 2.05) is 24.3 Å². The molecule has 2 amide bonds. The van der Waals surface area contributed by atoms with Gasteiger partial charge < -0.3 is 20.8 Å². The van der Waals surface area contributed by atoms with Crippen LogP contribution >= 0.6 is 0 Å². The van der Waals surface area contributed by atoms with Crippen LogP contribution in [0.3, 0.4) is 0 Å². The van der Waals surface area contributed by atoms with Crippen LogP contribution in [0.5, 0.6) is 5.75 Å². The van der Waals surface area contributed by atoms with E-state index in [0.717, 1.165) is 16.8 Å². The molecule has 1 atom stereocenters. The third-order valence-corrected chi connectivity index (χ3v) is 4.72. The first-order valence-corrected chi connectivity index (χ1v) is 7.73. The van der Waals surface area contributed by atoms with Crippen LogP contribution in [0.25, 0.3) is 22.4 Å². The number of carbonyl (C=O) groups is 2. The predicted molar refractivity (Wildman–Crippen MR) is 93.3 cm³/mol. The Labute approximate surface area is 143 Å². The minimum Gasteiger partial charge on any atom is -0.497 e. The second-order valence-corrected chi connectivity index (χ2v) is 6.17. The van der Waals surface area contributed by atoms with Crippen molar-refractivity contribution in [2.24, 2.45) is 5.73 Å². The van der Waals surface area contributed by atoms with Crippen LogP contribution in [-0.2, 0) is 15.0 Å². The van der Waals surface area contributed by atoms with E-state index < -0.39 is 17.2 Å². The van der Waals surface area contributed by atoms with Gasteiger partial charge in [-0.05, 0) is 43.3 Å². The molecule has 126 valence electrons. The van der Waals surface area contributed by atoms with Gasteiger partial charge in [0.15, 0.2) is 5.41 Å². The monoisotopic (exact) mass is 336 g/mol. The molecule has 0 spiro atoms. The Morgan fingerprint density at radius 1 is 1.24 bits per heavy atom. The fourth-order valence-electron chi connectivity index (χ4n) is 3.07. The Morgan fingerprint density at radius 2 is 1.96 bits per heavy atom. The molecule has 25 heavy (non-hydrogen) atoms. The van der Waals surface area contributed by atoms with E-state index in [1.165, 1.54) is 6.92 Å². The number of aromatic nitrogens is 2. The van der Waals surface area contributed by atoms with E-state index in [1.54, 1.807) is 19.2 Å². The van der Waals surface area contributed by atoms with Crippen LogP contribution in [0, 0.1) is 0 Å². The summed E-state index contributed by atoms with van der Waals surface area (Å²) in [5.74, 6) is 0.347. The fraction of sp³-hybridized carbons (Fsp3) is 0.167. The number of fused-ring (bicyclic) bond motifs is 2. The van der Waals surface area contributed by atoms with Crippen LogP contribution in [0.1, 0.15) is 12.5 Å². The highest BCUT2D eigenvalue weighted by molar-refractivity contribution is 6.20. The molecule has 1 unspecified atom stereocenters. The van der Waals surface area contributed by atoms with Gasteiger partial charge in [-0.25, -0.2) is 4.98 Å². The molecule has 4 N–H and O–H groups in total. The Kier molecular flexibility index (Phi) is 3.08. The number of hydrogen-bond acceptors (Lipinski definition) is 4. The molecule has 7 heteroatoms. The summed E-state index contributed by atoms with van der Waals surface area (Å²) in [6.45, 7) is 1.53. The maximum Gasteiger partial charge on any atom is 0.244 e. The zero-order valence-corrected chi connectivity index (χ0v) is 13.7. The zero-order valence-electron chi connectivity index (χ0n) is 13.7. The summed E-state index contributed by atoms with van der Waals surface area (Å²) in [5, 5.41) is 2.72. The van der Waals surface area contributed by atoms with Crippen LogP contribution in [0.2, 0.25) is 0 Å². The van der Waals surface area contributed by atoms with E-state index in [0.29, 0.717) is 22.6 Å². The van der Waals surface area contributed by atoms with Crippen molar-refractivity contribution in [2.75, 3.05) is 12.4 Å². The van der Waals surface area contributed by atoms with Gasteiger partial charge in [-0.15, -0.1) is 0 Å². The van der Waals surface area contributed by atoms with Gasteiger partial charge >= 0.3 is 0 Å². The molecule has 2 heterocycles. The van der Waals surface area contributed by atoms with Crippen LogP contribution in [0.4, 0.5) is 5.69 Å². The van der Waals surface area contributed by atoms with E-state index in [2.05, 4.69) is 15.3 Å². The lowest BCUT2D eigenvalue weighted by Crippen LogP contribution is -2.44. The molecule has 4 rings (SSSR count). The van der Waals surface area contributed by atoms with Gasteiger partial charge in [0.05, 0.1) is 18.1 Å². The minimum atomic E-state index is -1.39. The summed E-state index contributed by atoms with van der Waals surface area (Å²) < 4.78 is 5.16. The fourth-order valence-corrected chi connectivity index (χ4v) is 3.07. The molecule has 3 aromatic rings. The van der Waals surface area contributed by atoms with Gasteiger partial charge in [-0.2, -0.15) is 0 Å². The normalized spacial score (nSPS) is 18.9. The quantitative estimate of drug-likeness (QED) is 0.635. The molecule has 1 aromatic heterocycles. The summed E-state index contributed by atoms with van der Waals surface area (Å²) in [5.41, 5.74) is 7.52. The van der Waals surface area contributed by atoms with Crippen molar-refractivity contribution in [3.63, 3.8) is 0 Å². The minimum absolute atomic E-state index is 0.418. The van der Waals surface area contributed by atoms with Crippen molar-refractivity contribution in [2.45, 2.75) is 12.3 Å². The molecule has 1 aliphatic heterocycles. The summed E-state index contributed by atoms with van der Waals surface area (Å²) in [4.78, 5) is 31.8. The highest BCUT2D eigenvalue weighted by Crippen LogP contribution is 2.40. The molecule has 7 nitrogen and oxygen atoms in total. The zero-order chi connectivity index (χ0) is 17.8. The SMILES string of the molecule is COc1ccc(-c2nc3cc4c(cc3[nH]2)NC(=O)C4(C)C(N)=O)cc1. The number of rotatable bonds is 3. The van der Waals surface area contributed by atoms with Crippen molar-refractivity contribution in [1.82, 2.24) is 9.97 Å². The first-order valence-electron chi connectivity index (χ1n) is 7.73. The summed E-state index contributed by atoms with van der Waals surface area (Å²) >= 11 is 0. The van der Waals surface area contributed by atoms with Crippen molar-refractivity contribution in [1.29, 1.82) is 0 Å². The van der Waals surface area contributed by atoms with E-state index >= 15 is 0 Å². The number of imidazole rings is 1. The van der Waals surface area contributed by atoms with Gasteiger partial charge in [-0.3, -0.25) is 9.59 Å². The van der Waals surface area contributed by atoms with Gasteiger partial charge in [0.1, 0.15) is 11.6 Å².